The van der Waals surface area contributed by atoms with Crippen LogP contribution in [0.4, 0.5) is 0 Å². The van der Waals surface area contributed by atoms with E-state index in [4.69, 9.17) is 16.3 Å². The number of nitrogens with one attached hydrogen (secondary N) is 1. The monoisotopic (exact) mass is 296 g/mol. The van der Waals surface area contributed by atoms with Crippen LogP contribution in [0.15, 0.2) is 18.3 Å². The van der Waals surface area contributed by atoms with E-state index in [9.17, 15) is 9.59 Å². The molecule has 7 nitrogen and oxygen atoms in total. The highest BCUT2D eigenvalue weighted by Crippen LogP contribution is 2.08. The van der Waals surface area contributed by atoms with Crippen molar-refractivity contribution in [1.29, 1.82) is 0 Å². The van der Waals surface area contributed by atoms with Crippen molar-refractivity contribution in [3.63, 3.8) is 0 Å². The lowest BCUT2D eigenvalue weighted by molar-refractivity contribution is -0.144. The predicted molar refractivity (Wildman–Crippen MR) is 71.6 cm³/mol. The SMILES string of the molecule is CCOC(=O)[C@H](C)NC(=O)c1cn2nc(Cl)ccc2n1. The molecular weight excluding hydrogens is 284 g/mol. The van der Waals surface area contributed by atoms with Crippen molar-refractivity contribution in [2.75, 3.05) is 6.61 Å². The molecule has 1 atom stereocenters. The lowest BCUT2D eigenvalue weighted by Crippen LogP contribution is -2.39. The molecule has 0 bridgehead atoms. The summed E-state index contributed by atoms with van der Waals surface area (Å²) in [6, 6.07) is 2.47. The van der Waals surface area contributed by atoms with Gasteiger partial charge in [0.15, 0.2) is 5.65 Å². The molecule has 2 aromatic heterocycles. The van der Waals surface area contributed by atoms with Crippen molar-refractivity contribution >= 4 is 29.1 Å². The minimum absolute atomic E-state index is 0.149. The molecule has 0 unspecified atom stereocenters. The number of fused-ring (bicyclic) bond motifs is 1. The van der Waals surface area contributed by atoms with Crippen molar-refractivity contribution in [3.05, 3.63) is 29.2 Å². The number of hydrogen-bond acceptors (Lipinski definition) is 5. The van der Waals surface area contributed by atoms with Crippen LogP contribution in [0.3, 0.4) is 0 Å². The van der Waals surface area contributed by atoms with E-state index < -0.39 is 17.9 Å². The molecule has 2 heterocycles. The van der Waals surface area contributed by atoms with Gasteiger partial charge in [-0.1, -0.05) is 11.6 Å². The largest absolute Gasteiger partial charge is 0.464 e. The molecule has 20 heavy (non-hydrogen) atoms. The molecule has 0 aliphatic heterocycles. The van der Waals surface area contributed by atoms with Crippen LogP contribution < -0.4 is 5.32 Å². The Morgan fingerprint density at radius 2 is 2.25 bits per heavy atom. The molecule has 0 fully saturated rings. The first-order valence-electron chi connectivity index (χ1n) is 6.00. The number of ether oxygens (including phenoxy) is 1. The lowest BCUT2D eigenvalue weighted by Gasteiger charge is -2.11. The van der Waals surface area contributed by atoms with Gasteiger partial charge >= 0.3 is 5.97 Å². The van der Waals surface area contributed by atoms with Gasteiger partial charge < -0.3 is 10.1 Å². The summed E-state index contributed by atoms with van der Waals surface area (Å²) in [5.41, 5.74) is 0.638. The van der Waals surface area contributed by atoms with E-state index in [2.05, 4.69) is 15.4 Å². The summed E-state index contributed by atoms with van der Waals surface area (Å²) in [5, 5.41) is 6.77. The number of hydrogen-bond donors (Lipinski definition) is 1. The molecule has 0 aliphatic carbocycles. The molecule has 0 spiro atoms. The van der Waals surface area contributed by atoms with Crippen molar-refractivity contribution in [3.8, 4) is 0 Å². The smallest absolute Gasteiger partial charge is 0.328 e. The Hall–Kier alpha value is -2.15. The second-order valence-corrected chi connectivity index (χ2v) is 4.42. The molecule has 0 radical (unpaired) electrons. The van der Waals surface area contributed by atoms with E-state index in [1.54, 1.807) is 26.0 Å². The van der Waals surface area contributed by atoms with Crippen molar-refractivity contribution < 1.29 is 14.3 Å². The van der Waals surface area contributed by atoms with Gasteiger partial charge in [0.25, 0.3) is 5.91 Å². The summed E-state index contributed by atoms with van der Waals surface area (Å²) in [6.07, 6.45) is 1.44. The molecule has 1 amide bonds. The van der Waals surface area contributed by atoms with Crippen LogP contribution in [0.1, 0.15) is 24.3 Å². The van der Waals surface area contributed by atoms with E-state index in [-0.39, 0.29) is 12.3 Å². The highest BCUT2D eigenvalue weighted by molar-refractivity contribution is 6.29. The zero-order chi connectivity index (χ0) is 14.7. The Morgan fingerprint density at radius 1 is 1.50 bits per heavy atom. The molecule has 0 aliphatic rings. The summed E-state index contributed by atoms with van der Waals surface area (Å²) in [5.74, 6) is -0.974. The van der Waals surface area contributed by atoms with Gasteiger partial charge in [-0.15, -0.1) is 0 Å². The number of amides is 1. The fourth-order valence-electron chi connectivity index (χ4n) is 1.56. The fraction of sp³-hybridized carbons (Fsp3) is 0.333. The van der Waals surface area contributed by atoms with Gasteiger partial charge in [-0.2, -0.15) is 5.10 Å². The third-order valence-corrected chi connectivity index (χ3v) is 2.71. The Balaban J connectivity index is 2.13. The van der Waals surface area contributed by atoms with Gasteiger partial charge in [0.05, 0.1) is 12.8 Å². The summed E-state index contributed by atoms with van der Waals surface area (Å²) in [6.45, 7) is 3.50. The van der Waals surface area contributed by atoms with Crippen molar-refractivity contribution in [1.82, 2.24) is 19.9 Å². The molecule has 106 valence electrons. The topological polar surface area (TPSA) is 85.6 Å². The maximum absolute atomic E-state index is 12.0. The Morgan fingerprint density at radius 3 is 2.95 bits per heavy atom. The summed E-state index contributed by atoms with van der Waals surface area (Å²) in [7, 11) is 0. The number of halogens is 1. The second-order valence-electron chi connectivity index (χ2n) is 4.03. The number of esters is 1. The fourth-order valence-corrected chi connectivity index (χ4v) is 1.71. The summed E-state index contributed by atoms with van der Waals surface area (Å²) >= 11 is 5.75. The second kappa shape index (κ2) is 5.87. The Kier molecular flexibility index (Phi) is 4.19. The van der Waals surface area contributed by atoms with Crippen molar-refractivity contribution in [2.45, 2.75) is 19.9 Å². The van der Waals surface area contributed by atoms with E-state index in [1.807, 2.05) is 0 Å². The Labute approximate surface area is 119 Å². The summed E-state index contributed by atoms with van der Waals surface area (Å²) < 4.78 is 6.20. The molecule has 2 rings (SSSR count). The quantitative estimate of drug-likeness (QED) is 0.853. The number of nitrogens with zero attached hydrogens (tertiary/aromatic N) is 3. The lowest BCUT2D eigenvalue weighted by atomic mass is 10.3. The zero-order valence-corrected chi connectivity index (χ0v) is 11.7. The van der Waals surface area contributed by atoms with Gasteiger partial charge in [-0.3, -0.25) is 4.79 Å². The molecule has 1 N–H and O–H groups in total. The first-order chi connectivity index (χ1) is 9.51. The van der Waals surface area contributed by atoms with Gasteiger partial charge in [-0.05, 0) is 26.0 Å². The standard InChI is InChI=1S/C12H13ClN4O3/c1-3-20-12(19)7(2)14-11(18)8-6-17-10(15-8)5-4-9(13)16-17/h4-7H,3H2,1-2H3,(H,14,18)/t7-/m0/s1. The number of imidazole rings is 1. The van der Waals surface area contributed by atoms with E-state index in [0.29, 0.717) is 10.8 Å². The molecule has 0 saturated carbocycles. The minimum Gasteiger partial charge on any atom is -0.464 e. The molecule has 0 saturated heterocycles. The average molecular weight is 297 g/mol. The Bertz CT molecular complexity index is 655. The molecule has 8 heteroatoms. The minimum atomic E-state index is -0.746. The van der Waals surface area contributed by atoms with Gasteiger partial charge in [-0.25, -0.2) is 14.3 Å². The van der Waals surface area contributed by atoms with E-state index in [1.165, 1.54) is 10.7 Å². The van der Waals surface area contributed by atoms with Crippen LogP contribution in [0.2, 0.25) is 5.15 Å². The number of carbonyl (C=O) groups is 2. The predicted octanol–water partition coefficient (Wildman–Crippen LogP) is 1.06. The third-order valence-electron chi connectivity index (χ3n) is 2.51. The maximum atomic E-state index is 12.0. The highest BCUT2D eigenvalue weighted by atomic mass is 35.5. The third kappa shape index (κ3) is 3.05. The van der Waals surface area contributed by atoms with Crippen LogP contribution >= 0.6 is 11.6 Å². The van der Waals surface area contributed by atoms with Crippen LogP contribution in [0.25, 0.3) is 5.65 Å². The van der Waals surface area contributed by atoms with E-state index in [0.717, 1.165) is 0 Å². The van der Waals surface area contributed by atoms with Crippen LogP contribution in [-0.2, 0) is 9.53 Å². The number of aromatic nitrogens is 3. The van der Waals surface area contributed by atoms with E-state index >= 15 is 0 Å². The summed E-state index contributed by atoms with van der Waals surface area (Å²) in [4.78, 5) is 27.5. The van der Waals surface area contributed by atoms with Gasteiger partial charge in [0, 0.05) is 0 Å². The van der Waals surface area contributed by atoms with Crippen molar-refractivity contribution in [2.24, 2.45) is 0 Å². The van der Waals surface area contributed by atoms with Gasteiger partial charge in [0.1, 0.15) is 16.9 Å². The molecule has 2 aromatic rings. The first-order valence-corrected chi connectivity index (χ1v) is 6.38. The van der Waals surface area contributed by atoms with Crippen LogP contribution in [-0.4, -0.2) is 39.1 Å². The zero-order valence-electron chi connectivity index (χ0n) is 11.0. The highest BCUT2D eigenvalue weighted by Gasteiger charge is 2.19. The molecular formula is C12H13ClN4O3. The van der Waals surface area contributed by atoms with Crippen LogP contribution in [0.5, 0.6) is 0 Å². The van der Waals surface area contributed by atoms with Crippen LogP contribution in [0, 0.1) is 0 Å². The first kappa shape index (κ1) is 14.3. The maximum Gasteiger partial charge on any atom is 0.328 e. The number of carbonyl (C=O) groups excluding carboxylic acids is 2. The normalized spacial score (nSPS) is 12.2. The van der Waals surface area contributed by atoms with Gasteiger partial charge in [0.2, 0.25) is 0 Å². The average Bonchev–Trinajstić information content (AvgIpc) is 2.81. The number of rotatable bonds is 4. The molecule has 0 aromatic carbocycles.